The standard InChI is InChI=1S/C40H27N3O/c1-2-36-41-32-20-9-10-21-33(32)43(36)27-16-12-15-26(23-27)40-30-24-35-39(29-18-7-11-22-34(29)44-35)37(25-13-4-3-5-14-25)38(30)28-17-6-8-19-31(28)42-40/h3-24H,2H2,1H3. The van der Waals surface area contributed by atoms with E-state index in [1.165, 1.54) is 10.9 Å². The number of rotatable bonds is 4. The summed E-state index contributed by atoms with van der Waals surface area (Å²) in [6.45, 7) is 2.16. The average molecular weight is 566 g/mol. The van der Waals surface area contributed by atoms with Gasteiger partial charge >= 0.3 is 0 Å². The Morgan fingerprint density at radius 3 is 2.16 bits per heavy atom. The van der Waals surface area contributed by atoms with E-state index in [-0.39, 0.29) is 0 Å². The van der Waals surface area contributed by atoms with E-state index in [2.05, 4.69) is 133 Å². The van der Waals surface area contributed by atoms with Gasteiger partial charge in [0.25, 0.3) is 0 Å². The molecular weight excluding hydrogens is 538 g/mol. The topological polar surface area (TPSA) is 43.9 Å². The molecule has 0 saturated heterocycles. The number of aromatic nitrogens is 3. The van der Waals surface area contributed by atoms with Gasteiger partial charge in [0.05, 0.1) is 22.2 Å². The van der Waals surface area contributed by atoms with E-state index < -0.39 is 0 Å². The van der Waals surface area contributed by atoms with Crippen molar-refractivity contribution in [1.29, 1.82) is 0 Å². The molecule has 0 aliphatic rings. The molecule has 0 bridgehead atoms. The number of aryl methyl sites for hydroxylation is 1. The van der Waals surface area contributed by atoms with Gasteiger partial charge in [-0.3, -0.25) is 4.57 Å². The quantitative estimate of drug-likeness (QED) is 0.199. The van der Waals surface area contributed by atoms with Crippen LogP contribution in [0.2, 0.25) is 0 Å². The highest BCUT2D eigenvalue weighted by atomic mass is 16.3. The molecule has 6 aromatic carbocycles. The van der Waals surface area contributed by atoms with Crippen LogP contribution in [0.3, 0.4) is 0 Å². The van der Waals surface area contributed by atoms with Gasteiger partial charge in [0.1, 0.15) is 17.0 Å². The molecule has 4 nitrogen and oxygen atoms in total. The van der Waals surface area contributed by atoms with E-state index in [0.29, 0.717) is 0 Å². The van der Waals surface area contributed by atoms with Gasteiger partial charge in [-0.1, -0.05) is 97.9 Å². The summed E-state index contributed by atoms with van der Waals surface area (Å²) in [6, 6.07) is 46.7. The number of fused-ring (bicyclic) bond motifs is 7. The first-order chi connectivity index (χ1) is 21.8. The summed E-state index contributed by atoms with van der Waals surface area (Å²) in [5, 5.41) is 5.63. The molecule has 0 N–H and O–H groups in total. The molecule has 44 heavy (non-hydrogen) atoms. The van der Waals surface area contributed by atoms with Crippen molar-refractivity contribution in [2.45, 2.75) is 13.3 Å². The Labute approximate surface area is 253 Å². The molecule has 3 aromatic heterocycles. The molecule has 208 valence electrons. The third-order valence-electron chi connectivity index (χ3n) is 8.71. The van der Waals surface area contributed by atoms with E-state index in [1.54, 1.807) is 0 Å². The van der Waals surface area contributed by atoms with E-state index in [4.69, 9.17) is 14.4 Å². The number of pyridine rings is 1. The second-order valence-corrected chi connectivity index (χ2v) is 11.2. The lowest BCUT2D eigenvalue weighted by molar-refractivity contribution is 0.669. The Hall–Kier alpha value is -5.74. The van der Waals surface area contributed by atoms with Crippen molar-refractivity contribution in [1.82, 2.24) is 14.5 Å². The largest absolute Gasteiger partial charge is 0.456 e. The maximum atomic E-state index is 6.55. The van der Waals surface area contributed by atoms with Crippen LogP contribution >= 0.6 is 0 Å². The molecule has 0 fully saturated rings. The van der Waals surface area contributed by atoms with Crippen molar-refractivity contribution in [3.63, 3.8) is 0 Å². The zero-order valence-corrected chi connectivity index (χ0v) is 24.2. The minimum Gasteiger partial charge on any atom is -0.456 e. The van der Waals surface area contributed by atoms with Crippen molar-refractivity contribution in [3.8, 4) is 28.1 Å². The van der Waals surface area contributed by atoms with Gasteiger partial charge in [-0.2, -0.15) is 0 Å². The lowest BCUT2D eigenvalue weighted by Crippen LogP contribution is -2.00. The fraction of sp³-hybridized carbons (Fsp3) is 0.0500. The maximum absolute atomic E-state index is 6.55. The molecular formula is C40H27N3O. The molecule has 3 heterocycles. The number of hydrogen-bond donors (Lipinski definition) is 0. The van der Waals surface area contributed by atoms with Crippen LogP contribution in [0.25, 0.3) is 82.7 Å². The third kappa shape index (κ3) is 3.64. The average Bonchev–Trinajstić information content (AvgIpc) is 3.65. The van der Waals surface area contributed by atoms with Crippen LogP contribution in [0.4, 0.5) is 0 Å². The van der Waals surface area contributed by atoms with Crippen LogP contribution in [0.15, 0.2) is 138 Å². The number of benzene rings is 6. The number of nitrogens with zero attached hydrogens (tertiary/aromatic N) is 3. The first-order valence-corrected chi connectivity index (χ1v) is 15.1. The van der Waals surface area contributed by atoms with Crippen molar-refractivity contribution < 1.29 is 4.42 Å². The third-order valence-corrected chi connectivity index (χ3v) is 8.71. The summed E-state index contributed by atoms with van der Waals surface area (Å²) in [7, 11) is 0. The van der Waals surface area contributed by atoms with Crippen LogP contribution in [0.1, 0.15) is 12.7 Å². The van der Waals surface area contributed by atoms with Gasteiger partial charge in [0, 0.05) is 50.2 Å². The van der Waals surface area contributed by atoms with Crippen LogP contribution in [-0.4, -0.2) is 14.5 Å². The summed E-state index contributed by atoms with van der Waals surface area (Å²) >= 11 is 0. The van der Waals surface area contributed by atoms with Gasteiger partial charge < -0.3 is 4.42 Å². The summed E-state index contributed by atoms with van der Waals surface area (Å²) in [5.41, 5.74) is 10.2. The zero-order chi connectivity index (χ0) is 29.2. The SMILES string of the molecule is CCc1nc2ccccc2n1-c1cccc(-c2nc3ccccc3c3c(-c4ccccc4)c4c(cc23)oc2ccccc24)c1. The number of imidazole rings is 1. The highest BCUT2D eigenvalue weighted by Gasteiger charge is 2.22. The van der Waals surface area contributed by atoms with Crippen molar-refractivity contribution in [2.75, 3.05) is 0 Å². The Balaban J connectivity index is 1.42. The fourth-order valence-corrected chi connectivity index (χ4v) is 6.82. The van der Waals surface area contributed by atoms with Crippen molar-refractivity contribution in [2.24, 2.45) is 0 Å². The van der Waals surface area contributed by atoms with E-state index >= 15 is 0 Å². The van der Waals surface area contributed by atoms with E-state index in [9.17, 15) is 0 Å². The summed E-state index contributed by atoms with van der Waals surface area (Å²) in [5.74, 6) is 1.04. The van der Waals surface area contributed by atoms with Gasteiger partial charge in [-0.25, -0.2) is 9.97 Å². The monoisotopic (exact) mass is 565 g/mol. The molecule has 0 spiro atoms. The minimum absolute atomic E-state index is 0.834. The fourth-order valence-electron chi connectivity index (χ4n) is 6.82. The predicted octanol–water partition coefficient (Wildman–Crippen LogP) is 10.5. The van der Waals surface area contributed by atoms with Gasteiger partial charge in [-0.15, -0.1) is 0 Å². The van der Waals surface area contributed by atoms with Crippen LogP contribution < -0.4 is 0 Å². The first kappa shape index (κ1) is 24.8. The van der Waals surface area contributed by atoms with Crippen LogP contribution in [0.5, 0.6) is 0 Å². The molecule has 0 saturated carbocycles. The number of para-hydroxylation sites is 4. The van der Waals surface area contributed by atoms with E-state index in [1.807, 2.05) is 12.1 Å². The molecule has 0 aliphatic carbocycles. The van der Waals surface area contributed by atoms with Crippen molar-refractivity contribution in [3.05, 3.63) is 139 Å². The van der Waals surface area contributed by atoms with Gasteiger partial charge in [-0.05, 0) is 48.0 Å². The molecule has 0 radical (unpaired) electrons. The predicted molar refractivity (Wildman–Crippen MR) is 181 cm³/mol. The zero-order valence-electron chi connectivity index (χ0n) is 24.2. The van der Waals surface area contributed by atoms with Gasteiger partial charge in [0.2, 0.25) is 0 Å². The highest BCUT2D eigenvalue weighted by molar-refractivity contribution is 6.27. The van der Waals surface area contributed by atoms with Crippen LogP contribution in [-0.2, 0) is 6.42 Å². The molecule has 0 aliphatic heterocycles. The molecule has 0 unspecified atom stereocenters. The second-order valence-electron chi connectivity index (χ2n) is 11.2. The number of hydrogen-bond acceptors (Lipinski definition) is 3. The summed E-state index contributed by atoms with van der Waals surface area (Å²) in [4.78, 5) is 10.3. The van der Waals surface area contributed by atoms with Gasteiger partial charge in [0.15, 0.2) is 0 Å². The van der Waals surface area contributed by atoms with Crippen molar-refractivity contribution >= 4 is 54.6 Å². The normalized spacial score (nSPS) is 11.8. The Morgan fingerprint density at radius 1 is 0.568 bits per heavy atom. The maximum Gasteiger partial charge on any atom is 0.136 e. The Morgan fingerprint density at radius 2 is 1.30 bits per heavy atom. The second kappa shape index (κ2) is 9.65. The Kier molecular flexibility index (Phi) is 5.44. The minimum atomic E-state index is 0.834. The van der Waals surface area contributed by atoms with E-state index in [0.717, 1.165) is 84.0 Å². The molecule has 9 aromatic rings. The summed E-state index contributed by atoms with van der Waals surface area (Å²) < 4.78 is 8.82. The van der Waals surface area contributed by atoms with Crippen LogP contribution in [0, 0.1) is 0 Å². The molecule has 9 rings (SSSR count). The highest BCUT2D eigenvalue weighted by Crippen LogP contribution is 2.46. The first-order valence-electron chi connectivity index (χ1n) is 15.1. The number of furan rings is 1. The molecule has 0 atom stereocenters. The lowest BCUT2D eigenvalue weighted by atomic mass is 9.89. The Bertz CT molecular complexity index is 2540. The lowest BCUT2D eigenvalue weighted by Gasteiger charge is -2.16. The molecule has 0 amide bonds. The summed E-state index contributed by atoms with van der Waals surface area (Å²) in [6.07, 6.45) is 0.834. The smallest absolute Gasteiger partial charge is 0.136 e. The molecule has 4 heteroatoms.